The topological polar surface area (TPSA) is 67.8 Å². The van der Waals surface area contributed by atoms with Crippen molar-refractivity contribution in [1.29, 1.82) is 0 Å². The molecule has 0 atom stereocenters. The highest BCUT2D eigenvalue weighted by atomic mass is 79.9. The standard InChI is InChI=1S/C19H21BrClNO4/c1-4-25-17-8-12(7-14(20)18(17)26-11(2)3)10-22-16-9-13(19(23)24)5-6-15(16)21/h5-9,11,22H,4,10H2,1-3H3,(H,23,24). The molecule has 26 heavy (non-hydrogen) atoms. The summed E-state index contributed by atoms with van der Waals surface area (Å²) in [7, 11) is 0. The maximum atomic E-state index is 11.1. The fraction of sp³-hybridized carbons (Fsp3) is 0.316. The van der Waals surface area contributed by atoms with E-state index in [1.807, 2.05) is 32.9 Å². The first-order valence-corrected chi connectivity index (χ1v) is 9.37. The first kappa shape index (κ1) is 20.4. The Morgan fingerprint density at radius 3 is 2.65 bits per heavy atom. The van der Waals surface area contributed by atoms with E-state index in [0.717, 1.165) is 10.0 Å². The van der Waals surface area contributed by atoms with Crippen LogP contribution >= 0.6 is 27.5 Å². The summed E-state index contributed by atoms with van der Waals surface area (Å²) >= 11 is 9.68. The number of rotatable bonds is 8. The maximum absolute atomic E-state index is 11.1. The van der Waals surface area contributed by atoms with E-state index in [9.17, 15) is 4.79 Å². The van der Waals surface area contributed by atoms with Gasteiger partial charge in [-0.2, -0.15) is 0 Å². The van der Waals surface area contributed by atoms with Gasteiger partial charge in [0.1, 0.15) is 0 Å². The molecule has 5 nitrogen and oxygen atoms in total. The monoisotopic (exact) mass is 441 g/mol. The number of nitrogens with one attached hydrogen (secondary N) is 1. The van der Waals surface area contributed by atoms with Gasteiger partial charge in [0.05, 0.1) is 33.5 Å². The molecule has 0 aliphatic rings. The summed E-state index contributed by atoms with van der Waals surface area (Å²) < 4.78 is 12.3. The van der Waals surface area contributed by atoms with E-state index in [1.165, 1.54) is 12.1 Å². The summed E-state index contributed by atoms with van der Waals surface area (Å²) in [4.78, 5) is 11.1. The van der Waals surface area contributed by atoms with Crippen molar-refractivity contribution in [3.8, 4) is 11.5 Å². The molecular formula is C19H21BrClNO4. The van der Waals surface area contributed by atoms with Crippen LogP contribution in [0.5, 0.6) is 11.5 Å². The molecule has 0 saturated heterocycles. The first-order valence-electron chi connectivity index (χ1n) is 8.20. The average molecular weight is 443 g/mol. The Morgan fingerprint density at radius 2 is 2.04 bits per heavy atom. The van der Waals surface area contributed by atoms with Gasteiger partial charge in [-0.3, -0.25) is 0 Å². The highest BCUT2D eigenvalue weighted by Crippen LogP contribution is 2.38. The molecule has 0 bridgehead atoms. The lowest BCUT2D eigenvalue weighted by Crippen LogP contribution is -2.09. The molecule has 0 aliphatic carbocycles. The summed E-state index contributed by atoms with van der Waals surface area (Å²) in [5.74, 6) is 0.315. The maximum Gasteiger partial charge on any atom is 0.335 e. The molecule has 0 saturated carbocycles. The van der Waals surface area contributed by atoms with Gasteiger partial charge in [-0.05, 0) is 72.6 Å². The second-order valence-electron chi connectivity index (χ2n) is 5.86. The predicted octanol–water partition coefficient (Wildman–Crippen LogP) is 5.60. The van der Waals surface area contributed by atoms with Crippen molar-refractivity contribution in [3.05, 3.63) is 51.0 Å². The molecule has 2 rings (SSSR count). The van der Waals surface area contributed by atoms with Gasteiger partial charge in [0.2, 0.25) is 0 Å². The molecule has 0 fully saturated rings. The molecule has 2 aromatic carbocycles. The third kappa shape index (κ3) is 5.29. The number of hydrogen-bond donors (Lipinski definition) is 2. The number of carboxylic acids is 1. The molecule has 0 unspecified atom stereocenters. The molecule has 2 aromatic rings. The summed E-state index contributed by atoms with van der Waals surface area (Å²) in [5, 5.41) is 12.7. The third-order valence-electron chi connectivity index (χ3n) is 3.42. The normalized spacial score (nSPS) is 10.7. The zero-order chi connectivity index (χ0) is 19.3. The quantitative estimate of drug-likeness (QED) is 0.557. The Morgan fingerprint density at radius 1 is 1.31 bits per heavy atom. The molecule has 0 heterocycles. The van der Waals surface area contributed by atoms with E-state index in [-0.39, 0.29) is 11.7 Å². The van der Waals surface area contributed by atoms with E-state index in [0.29, 0.717) is 35.4 Å². The van der Waals surface area contributed by atoms with Crippen molar-refractivity contribution in [2.75, 3.05) is 11.9 Å². The van der Waals surface area contributed by atoms with Crippen LogP contribution in [-0.2, 0) is 6.54 Å². The van der Waals surface area contributed by atoms with E-state index in [2.05, 4.69) is 21.2 Å². The van der Waals surface area contributed by atoms with Crippen LogP contribution in [0.15, 0.2) is 34.8 Å². The van der Waals surface area contributed by atoms with Gasteiger partial charge >= 0.3 is 5.97 Å². The van der Waals surface area contributed by atoms with E-state index >= 15 is 0 Å². The fourth-order valence-electron chi connectivity index (χ4n) is 2.33. The smallest absolute Gasteiger partial charge is 0.335 e. The highest BCUT2D eigenvalue weighted by molar-refractivity contribution is 9.10. The minimum Gasteiger partial charge on any atom is -0.490 e. The molecule has 0 aliphatic heterocycles. The minimum absolute atomic E-state index is 0.0204. The van der Waals surface area contributed by atoms with Crippen LogP contribution in [0.1, 0.15) is 36.7 Å². The Labute approximate surface area is 166 Å². The second kappa shape index (κ2) is 9.14. The van der Waals surface area contributed by atoms with E-state index in [4.69, 9.17) is 26.2 Å². The average Bonchev–Trinajstić information content (AvgIpc) is 2.57. The number of halogens is 2. The van der Waals surface area contributed by atoms with Gasteiger partial charge in [0.25, 0.3) is 0 Å². The number of anilines is 1. The number of carboxylic acid groups (broad SMARTS) is 1. The van der Waals surface area contributed by atoms with Gasteiger partial charge in [-0.25, -0.2) is 4.79 Å². The second-order valence-corrected chi connectivity index (χ2v) is 7.12. The lowest BCUT2D eigenvalue weighted by atomic mass is 10.1. The number of hydrogen-bond acceptors (Lipinski definition) is 4. The van der Waals surface area contributed by atoms with Gasteiger partial charge < -0.3 is 19.9 Å². The molecule has 7 heteroatoms. The summed E-state index contributed by atoms with van der Waals surface area (Å²) in [5.41, 5.74) is 1.67. The zero-order valence-corrected chi connectivity index (χ0v) is 17.1. The fourth-order valence-corrected chi connectivity index (χ4v) is 3.09. The number of benzene rings is 2. The van der Waals surface area contributed by atoms with Crippen LogP contribution in [0.4, 0.5) is 5.69 Å². The van der Waals surface area contributed by atoms with Crippen molar-refractivity contribution in [3.63, 3.8) is 0 Å². The Kier molecular flexibility index (Phi) is 7.17. The summed E-state index contributed by atoms with van der Waals surface area (Å²) in [6.07, 6.45) is 0.0204. The molecule has 2 N–H and O–H groups in total. The zero-order valence-electron chi connectivity index (χ0n) is 14.8. The van der Waals surface area contributed by atoms with Crippen molar-refractivity contribution in [2.45, 2.75) is 33.4 Å². The summed E-state index contributed by atoms with van der Waals surface area (Å²) in [6, 6.07) is 8.38. The van der Waals surface area contributed by atoms with Crippen molar-refractivity contribution >= 4 is 39.2 Å². The Hall–Kier alpha value is -1.92. The van der Waals surface area contributed by atoms with Crippen LogP contribution in [0.2, 0.25) is 5.02 Å². The van der Waals surface area contributed by atoms with Crippen LogP contribution in [0, 0.1) is 0 Å². The van der Waals surface area contributed by atoms with Crippen molar-refractivity contribution < 1.29 is 19.4 Å². The number of aromatic carboxylic acids is 1. The third-order valence-corrected chi connectivity index (χ3v) is 4.34. The molecular weight excluding hydrogens is 422 g/mol. The van der Waals surface area contributed by atoms with Gasteiger partial charge in [0.15, 0.2) is 11.5 Å². The molecule has 140 valence electrons. The van der Waals surface area contributed by atoms with Crippen LogP contribution < -0.4 is 14.8 Å². The van der Waals surface area contributed by atoms with Crippen molar-refractivity contribution in [2.24, 2.45) is 0 Å². The number of carbonyl (C=O) groups is 1. The largest absolute Gasteiger partial charge is 0.490 e. The number of ether oxygens (including phenoxy) is 2. The first-order chi connectivity index (χ1) is 12.3. The SMILES string of the molecule is CCOc1cc(CNc2cc(C(=O)O)ccc2Cl)cc(Br)c1OC(C)C. The molecule has 0 spiro atoms. The van der Waals surface area contributed by atoms with Crippen molar-refractivity contribution in [1.82, 2.24) is 0 Å². The van der Waals surface area contributed by atoms with Gasteiger partial charge in [-0.1, -0.05) is 11.6 Å². The van der Waals surface area contributed by atoms with Crippen LogP contribution in [-0.4, -0.2) is 23.8 Å². The minimum atomic E-state index is -0.999. The lowest BCUT2D eigenvalue weighted by Gasteiger charge is -2.18. The molecule has 0 amide bonds. The van der Waals surface area contributed by atoms with Crippen LogP contribution in [0.25, 0.3) is 0 Å². The van der Waals surface area contributed by atoms with Crippen LogP contribution in [0.3, 0.4) is 0 Å². The highest BCUT2D eigenvalue weighted by Gasteiger charge is 2.14. The predicted molar refractivity (Wildman–Crippen MR) is 107 cm³/mol. The van der Waals surface area contributed by atoms with E-state index < -0.39 is 5.97 Å². The Bertz CT molecular complexity index is 795. The van der Waals surface area contributed by atoms with Gasteiger partial charge in [-0.15, -0.1) is 0 Å². The summed E-state index contributed by atoms with van der Waals surface area (Å²) in [6.45, 7) is 6.78. The molecule has 0 radical (unpaired) electrons. The van der Waals surface area contributed by atoms with E-state index in [1.54, 1.807) is 6.07 Å². The lowest BCUT2D eigenvalue weighted by molar-refractivity contribution is 0.0697. The van der Waals surface area contributed by atoms with Gasteiger partial charge in [0, 0.05) is 6.54 Å². The molecule has 0 aromatic heterocycles. The Balaban J connectivity index is 2.24.